The highest BCUT2D eigenvalue weighted by Crippen LogP contribution is 2.20. The van der Waals surface area contributed by atoms with E-state index in [1.54, 1.807) is 29.3 Å². The van der Waals surface area contributed by atoms with Crippen LogP contribution in [-0.2, 0) is 9.53 Å². The van der Waals surface area contributed by atoms with Crippen LogP contribution >= 0.6 is 0 Å². The molecule has 1 aliphatic heterocycles. The van der Waals surface area contributed by atoms with Crippen LogP contribution in [-0.4, -0.2) is 41.5 Å². The van der Waals surface area contributed by atoms with Gasteiger partial charge < -0.3 is 9.64 Å². The van der Waals surface area contributed by atoms with E-state index in [9.17, 15) is 9.59 Å². The molecule has 1 fully saturated rings. The maximum atomic E-state index is 12.3. The summed E-state index contributed by atoms with van der Waals surface area (Å²) in [6.07, 6.45) is 2.15. The summed E-state index contributed by atoms with van der Waals surface area (Å²) in [5.41, 5.74) is 1.28. The summed E-state index contributed by atoms with van der Waals surface area (Å²) in [4.78, 5) is 30.0. The van der Waals surface area contributed by atoms with E-state index in [-0.39, 0.29) is 24.4 Å². The van der Waals surface area contributed by atoms with Crippen molar-refractivity contribution in [2.24, 2.45) is 5.92 Å². The fourth-order valence-electron chi connectivity index (χ4n) is 2.82. The van der Waals surface area contributed by atoms with Crippen molar-refractivity contribution in [2.75, 3.05) is 19.7 Å². The average Bonchev–Trinajstić information content (AvgIpc) is 2.92. The molecular formula is C17H18N2O3. The number of ether oxygens (including phenoxy) is 1. The molecule has 1 atom stereocenters. The minimum atomic E-state index is -0.360. The number of amides is 1. The molecule has 0 aliphatic carbocycles. The maximum Gasteiger partial charge on any atom is 0.338 e. The summed E-state index contributed by atoms with van der Waals surface area (Å²) in [5, 5.41) is 0.785. The van der Waals surface area contributed by atoms with Gasteiger partial charge in [0.1, 0.15) is 0 Å². The molecule has 5 heteroatoms. The van der Waals surface area contributed by atoms with Gasteiger partial charge in [0, 0.05) is 37.0 Å². The van der Waals surface area contributed by atoms with Gasteiger partial charge in [-0.3, -0.25) is 9.78 Å². The maximum absolute atomic E-state index is 12.3. The first kappa shape index (κ1) is 14.5. The second-order valence-corrected chi connectivity index (χ2v) is 5.48. The molecule has 1 aromatic carbocycles. The van der Waals surface area contributed by atoms with Gasteiger partial charge in [-0.1, -0.05) is 12.1 Å². The summed E-state index contributed by atoms with van der Waals surface area (Å²) < 4.78 is 5.42. The Hall–Kier alpha value is -2.43. The highest BCUT2D eigenvalue weighted by Gasteiger charge is 2.29. The van der Waals surface area contributed by atoms with Crippen LogP contribution in [0.4, 0.5) is 0 Å². The molecule has 22 heavy (non-hydrogen) atoms. The number of rotatable bonds is 4. The molecule has 1 aromatic heterocycles. The van der Waals surface area contributed by atoms with Gasteiger partial charge >= 0.3 is 5.97 Å². The Morgan fingerprint density at radius 2 is 2.23 bits per heavy atom. The predicted octanol–water partition coefficient (Wildman–Crippen LogP) is 2.26. The van der Waals surface area contributed by atoms with Crippen molar-refractivity contribution in [3.05, 3.63) is 42.1 Å². The van der Waals surface area contributed by atoms with Crippen LogP contribution in [0.1, 0.15) is 23.7 Å². The topological polar surface area (TPSA) is 59.5 Å². The van der Waals surface area contributed by atoms with Crippen LogP contribution in [0.25, 0.3) is 10.9 Å². The smallest absolute Gasteiger partial charge is 0.338 e. The first-order chi connectivity index (χ1) is 10.7. The average molecular weight is 298 g/mol. The van der Waals surface area contributed by atoms with Crippen LogP contribution < -0.4 is 0 Å². The number of hydrogen-bond acceptors (Lipinski definition) is 4. The van der Waals surface area contributed by atoms with Crippen LogP contribution in [0.5, 0.6) is 0 Å². The Bertz CT molecular complexity index is 709. The third-order valence-corrected chi connectivity index (χ3v) is 3.99. The van der Waals surface area contributed by atoms with E-state index >= 15 is 0 Å². The number of hydrogen-bond donors (Lipinski definition) is 0. The standard InChI is InChI=1S/C17H18N2O3/c1-2-19-10-12(9-16(19)20)11-22-17(21)14-5-3-7-15-13(14)6-4-8-18-15/h3-8,12H,2,9-11H2,1H3. The molecule has 5 nitrogen and oxygen atoms in total. The minimum absolute atomic E-state index is 0.0875. The van der Waals surface area contributed by atoms with Gasteiger partial charge in [0.25, 0.3) is 0 Å². The van der Waals surface area contributed by atoms with Crippen molar-refractivity contribution >= 4 is 22.8 Å². The van der Waals surface area contributed by atoms with E-state index in [1.165, 1.54) is 0 Å². The Kier molecular flexibility index (Phi) is 4.04. The zero-order chi connectivity index (χ0) is 15.5. The van der Waals surface area contributed by atoms with E-state index < -0.39 is 0 Å². The third-order valence-electron chi connectivity index (χ3n) is 3.99. The number of likely N-dealkylation sites (tertiary alicyclic amines) is 1. The molecule has 1 saturated heterocycles. The van der Waals surface area contributed by atoms with Gasteiger partial charge in [0.2, 0.25) is 5.91 Å². The monoisotopic (exact) mass is 298 g/mol. The van der Waals surface area contributed by atoms with E-state index in [4.69, 9.17) is 4.74 Å². The number of fused-ring (bicyclic) bond motifs is 1. The van der Waals surface area contributed by atoms with Crippen molar-refractivity contribution in [3.63, 3.8) is 0 Å². The summed E-state index contributed by atoms with van der Waals surface area (Å²) >= 11 is 0. The number of nitrogens with zero attached hydrogens (tertiary/aromatic N) is 2. The van der Waals surface area contributed by atoms with Crippen LogP contribution in [0.3, 0.4) is 0 Å². The van der Waals surface area contributed by atoms with E-state index in [1.807, 2.05) is 19.1 Å². The molecular weight excluding hydrogens is 280 g/mol. The van der Waals surface area contributed by atoms with Crippen molar-refractivity contribution < 1.29 is 14.3 Å². The van der Waals surface area contributed by atoms with E-state index in [2.05, 4.69) is 4.98 Å². The van der Waals surface area contributed by atoms with Crippen molar-refractivity contribution in [1.82, 2.24) is 9.88 Å². The Morgan fingerprint density at radius 1 is 1.36 bits per heavy atom. The summed E-state index contributed by atoms with van der Waals surface area (Å²) in [7, 11) is 0. The molecule has 114 valence electrons. The number of benzene rings is 1. The number of carbonyl (C=O) groups excluding carboxylic acids is 2. The summed E-state index contributed by atoms with van der Waals surface area (Å²) in [5.74, 6) is -0.136. The molecule has 0 spiro atoms. The SMILES string of the molecule is CCN1CC(COC(=O)c2cccc3ncccc23)CC1=O. The number of esters is 1. The van der Waals surface area contributed by atoms with Crippen LogP contribution in [0.2, 0.25) is 0 Å². The second-order valence-electron chi connectivity index (χ2n) is 5.48. The third kappa shape index (κ3) is 2.79. The zero-order valence-electron chi connectivity index (χ0n) is 12.5. The lowest BCUT2D eigenvalue weighted by Gasteiger charge is -2.14. The Balaban J connectivity index is 1.68. The lowest BCUT2D eigenvalue weighted by Crippen LogP contribution is -2.25. The summed E-state index contributed by atoms with van der Waals surface area (Å²) in [6, 6.07) is 9.06. The second kappa shape index (κ2) is 6.13. The molecule has 1 amide bonds. The predicted molar refractivity (Wildman–Crippen MR) is 82.4 cm³/mol. The highest BCUT2D eigenvalue weighted by atomic mass is 16.5. The quantitative estimate of drug-likeness (QED) is 0.812. The summed E-state index contributed by atoms with van der Waals surface area (Å²) in [6.45, 7) is 3.60. The Labute approximate surface area is 128 Å². The van der Waals surface area contributed by atoms with Gasteiger partial charge in [-0.25, -0.2) is 4.79 Å². The Morgan fingerprint density at radius 3 is 3.00 bits per heavy atom. The van der Waals surface area contributed by atoms with Crippen molar-refractivity contribution in [1.29, 1.82) is 0 Å². The molecule has 3 rings (SSSR count). The fraction of sp³-hybridized carbons (Fsp3) is 0.353. The van der Waals surface area contributed by atoms with Gasteiger partial charge in [-0.05, 0) is 25.1 Å². The van der Waals surface area contributed by atoms with E-state index in [0.717, 1.165) is 10.9 Å². The number of carbonyl (C=O) groups is 2. The fourth-order valence-corrected chi connectivity index (χ4v) is 2.82. The lowest BCUT2D eigenvalue weighted by molar-refractivity contribution is -0.127. The first-order valence-corrected chi connectivity index (χ1v) is 7.47. The first-order valence-electron chi connectivity index (χ1n) is 7.47. The van der Waals surface area contributed by atoms with Gasteiger partial charge in [-0.15, -0.1) is 0 Å². The van der Waals surface area contributed by atoms with Gasteiger partial charge in [0.15, 0.2) is 0 Å². The number of aromatic nitrogens is 1. The molecule has 0 N–H and O–H groups in total. The minimum Gasteiger partial charge on any atom is -0.462 e. The molecule has 2 heterocycles. The normalized spacial score (nSPS) is 18.0. The molecule has 0 radical (unpaired) electrons. The molecule has 1 aliphatic rings. The number of pyridine rings is 1. The highest BCUT2D eigenvalue weighted by molar-refractivity contribution is 6.03. The van der Waals surface area contributed by atoms with E-state index in [0.29, 0.717) is 25.1 Å². The van der Waals surface area contributed by atoms with Crippen LogP contribution in [0, 0.1) is 5.92 Å². The van der Waals surface area contributed by atoms with Gasteiger partial charge in [-0.2, -0.15) is 0 Å². The largest absolute Gasteiger partial charge is 0.462 e. The molecule has 2 aromatic rings. The van der Waals surface area contributed by atoms with Crippen molar-refractivity contribution in [2.45, 2.75) is 13.3 Å². The molecule has 0 saturated carbocycles. The van der Waals surface area contributed by atoms with Gasteiger partial charge in [0.05, 0.1) is 17.7 Å². The van der Waals surface area contributed by atoms with Crippen LogP contribution in [0.15, 0.2) is 36.5 Å². The van der Waals surface area contributed by atoms with Crippen molar-refractivity contribution in [3.8, 4) is 0 Å². The molecule has 0 bridgehead atoms. The zero-order valence-corrected chi connectivity index (χ0v) is 12.5. The lowest BCUT2D eigenvalue weighted by atomic mass is 10.1. The molecule has 1 unspecified atom stereocenters.